The summed E-state index contributed by atoms with van der Waals surface area (Å²) in [4.78, 5) is 14.4. The Labute approximate surface area is 231 Å². The van der Waals surface area contributed by atoms with Crippen LogP contribution in [-0.2, 0) is 16.7 Å². The first-order chi connectivity index (χ1) is 17.4. The minimum atomic E-state index is -4.28. The zero-order valence-electron chi connectivity index (χ0n) is 25.5. The van der Waals surface area contributed by atoms with E-state index < -0.39 is 10.3 Å². The van der Waals surface area contributed by atoms with Crippen LogP contribution in [0.5, 0.6) is 5.75 Å². The van der Waals surface area contributed by atoms with E-state index in [-0.39, 0.29) is 47.5 Å². The van der Waals surface area contributed by atoms with Crippen molar-refractivity contribution in [2.75, 3.05) is 0 Å². The highest BCUT2D eigenvalue weighted by Crippen LogP contribution is 2.43. The standard InChI is InChI=1S/C32H49NO4S/c1-17(2)23-13-24(18(3)4)28(25(14-23)19(5)6)16-29(34)31-26(20(7)8)15-27(21(9)10)32(30(31)22(11)12)37-38(33,35)36/h13-15,17-22H,16H2,1-12H3,(H2,33,35,36). The molecule has 0 aliphatic carbocycles. The highest BCUT2D eigenvalue weighted by Gasteiger charge is 2.30. The predicted octanol–water partition coefficient (Wildman–Crippen LogP) is 8.43. The number of carbonyl (C=O) groups is 1. The number of Topliss-reactive ketones (excluding diaryl/α,β-unsaturated/α-hetero) is 1. The van der Waals surface area contributed by atoms with Crippen molar-refractivity contribution in [1.82, 2.24) is 0 Å². The van der Waals surface area contributed by atoms with E-state index in [0.29, 0.717) is 17.0 Å². The number of carbonyl (C=O) groups excluding carboxylic acids is 1. The average molecular weight is 544 g/mol. The van der Waals surface area contributed by atoms with Crippen LogP contribution in [0.4, 0.5) is 0 Å². The van der Waals surface area contributed by atoms with E-state index in [1.165, 1.54) is 16.7 Å². The van der Waals surface area contributed by atoms with Gasteiger partial charge in [0.15, 0.2) is 11.5 Å². The van der Waals surface area contributed by atoms with E-state index >= 15 is 0 Å². The molecule has 0 aliphatic rings. The van der Waals surface area contributed by atoms with Crippen LogP contribution in [0.15, 0.2) is 18.2 Å². The fourth-order valence-electron chi connectivity index (χ4n) is 5.24. The molecule has 212 valence electrons. The molecule has 2 aromatic carbocycles. The molecule has 0 atom stereocenters. The Morgan fingerprint density at radius 3 is 1.47 bits per heavy atom. The van der Waals surface area contributed by atoms with Gasteiger partial charge in [0.2, 0.25) is 0 Å². The smallest absolute Gasteiger partial charge is 0.370 e. The molecule has 2 aromatic rings. The molecule has 6 heteroatoms. The molecule has 0 aliphatic heterocycles. The van der Waals surface area contributed by atoms with Crippen molar-refractivity contribution in [2.24, 2.45) is 5.14 Å². The van der Waals surface area contributed by atoms with Gasteiger partial charge in [-0.1, -0.05) is 101 Å². The van der Waals surface area contributed by atoms with Gasteiger partial charge in [0.25, 0.3) is 0 Å². The highest BCUT2D eigenvalue weighted by atomic mass is 32.2. The summed E-state index contributed by atoms with van der Waals surface area (Å²) in [5.74, 6) is 0.970. The zero-order valence-corrected chi connectivity index (χ0v) is 26.3. The van der Waals surface area contributed by atoms with Crippen LogP contribution in [0.1, 0.15) is 168 Å². The molecule has 0 saturated carbocycles. The van der Waals surface area contributed by atoms with E-state index in [1.54, 1.807) is 0 Å². The van der Waals surface area contributed by atoms with Gasteiger partial charge in [-0.3, -0.25) is 4.79 Å². The van der Waals surface area contributed by atoms with Crippen molar-refractivity contribution >= 4 is 16.1 Å². The first kappa shape index (κ1) is 32.0. The van der Waals surface area contributed by atoms with Crippen LogP contribution < -0.4 is 9.32 Å². The van der Waals surface area contributed by atoms with Crippen molar-refractivity contribution in [3.8, 4) is 5.75 Å². The van der Waals surface area contributed by atoms with Crippen molar-refractivity contribution in [3.05, 3.63) is 62.7 Å². The van der Waals surface area contributed by atoms with Gasteiger partial charge >= 0.3 is 10.3 Å². The number of hydrogen-bond acceptors (Lipinski definition) is 4. The fourth-order valence-corrected chi connectivity index (χ4v) is 5.66. The Balaban J connectivity index is 2.94. The summed E-state index contributed by atoms with van der Waals surface area (Å²) in [6.07, 6.45) is 0.245. The number of benzene rings is 2. The Hall–Kier alpha value is -2.18. The Morgan fingerprint density at radius 2 is 1.13 bits per heavy atom. The topological polar surface area (TPSA) is 86.5 Å². The predicted molar refractivity (Wildman–Crippen MR) is 159 cm³/mol. The van der Waals surface area contributed by atoms with Crippen molar-refractivity contribution < 1.29 is 17.4 Å². The van der Waals surface area contributed by atoms with Crippen molar-refractivity contribution in [3.63, 3.8) is 0 Å². The minimum absolute atomic E-state index is 0.0189. The van der Waals surface area contributed by atoms with Crippen LogP contribution in [-0.4, -0.2) is 14.2 Å². The quantitative estimate of drug-likeness (QED) is 0.288. The second kappa shape index (κ2) is 12.3. The third kappa shape index (κ3) is 7.26. The first-order valence-corrected chi connectivity index (χ1v) is 15.5. The number of hydrogen-bond donors (Lipinski definition) is 1. The van der Waals surface area contributed by atoms with Crippen LogP contribution in [0.3, 0.4) is 0 Å². The zero-order chi connectivity index (χ0) is 29.3. The summed E-state index contributed by atoms with van der Waals surface area (Å²) in [7, 11) is -4.28. The summed E-state index contributed by atoms with van der Waals surface area (Å²) < 4.78 is 29.7. The lowest BCUT2D eigenvalue weighted by atomic mass is 9.78. The normalized spacial score (nSPS) is 12.6. The molecule has 0 spiro atoms. The number of ketones is 1. The number of rotatable bonds is 11. The van der Waals surface area contributed by atoms with E-state index in [4.69, 9.17) is 9.32 Å². The molecular formula is C32H49NO4S. The SMILES string of the molecule is CC(C)c1cc(C(C)C)c(CC(=O)c2c(C(C)C)cc(C(C)C)c(OS(N)(=O)=O)c2C(C)C)c(C(C)C)c1. The lowest BCUT2D eigenvalue weighted by molar-refractivity contribution is 0.0989. The Bertz CT molecular complexity index is 1240. The van der Waals surface area contributed by atoms with E-state index in [9.17, 15) is 13.2 Å². The lowest BCUT2D eigenvalue weighted by Gasteiger charge is -2.27. The molecular weight excluding hydrogens is 494 g/mol. The third-order valence-corrected chi connectivity index (χ3v) is 7.66. The summed E-state index contributed by atoms with van der Waals surface area (Å²) >= 11 is 0. The average Bonchev–Trinajstić information content (AvgIpc) is 2.76. The Kier molecular flexibility index (Phi) is 10.4. The fraction of sp³-hybridized carbons (Fsp3) is 0.594. The molecule has 5 nitrogen and oxygen atoms in total. The van der Waals surface area contributed by atoms with Crippen LogP contribution >= 0.6 is 0 Å². The van der Waals surface area contributed by atoms with E-state index in [0.717, 1.165) is 16.7 Å². The molecule has 0 bridgehead atoms. The van der Waals surface area contributed by atoms with Gasteiger partial charge in [-0.2, -0.15) is 13.6 Å². The highest BCUT2D eigenvalue weighted by molar-refractivity contribution is 7.84. The Morgan fingerprint density at radius 1 is 0.684 bits per heavy atom. The maximum absolute atomic E-state index is 14.4. The van der Waals surface area contributed by atoms with E-state index in [2.05, 4.69) is 67.5 Å². The molecule has 0 saturated heterocycles. The largest absolute Gasteiger partial charge is 0.380 e. The second-order valence-corrected chi connectivity index (χ2v) is 13.6. The van der Waals surface area contributed by atoms with Crippen LogP contribution in [0.2, 0.25) is 0 Å². The van der Waals surface area contributed by atoms with Crippen LogP contribution in [0.25, 0.3) is 0 Å². The monoisotopic (exact) mass is 543 g/mol. The van der Waals surface area contributed by atoms with E-state index in [1.807, 2.05) is 33.8 Å². The van der Waals surface area contributed by atoms with Gasteiger partial charge in [-0.15, -0.1) is 0 Å². The summed E-state index contributed by atoms with van der Waals surface area (Å²) in [6, 6.07) is 6.46. The van der Waals surface area contributed by atoms with Gasteiger partial charge in [-0.25, -0.2) is 0 Å². The summed E-state index contributed by atoms with van der Waals surface area (Å²) in [5, 5.41) is 5.36. The molecule has 0 aromatic heterocycles. The third-order valence-electron chi connectivity index (χ3n) is 7.26. The molecule has 0 heterocycles. The molecule has 0 radical (unpaired) electrons. The molecule has 2 rings (SSSR count). The van der Waals surface area contributed by atoms with Gasteiger partial charge in [0.1, 0.15) is 0 Å². The second-order valence-electron chi connectivity index (χ2n) is 12.5. The van der Waals surface area contributed by atoms with Gasteiger partial charge in [-0.05, 0) is 68.9 Å². The molecule has 38 heavy (non-hydrogen) atoms. The molecule has 2 N–H and O–H groups in total. The summed E-state index contributed by atoms with van der Waals surface area (Å²) in [5.41, 5.74) is 7.61. The first-order valence-electron chi connectivity index (χ1n) is 14.0. The molecule has 0 unspecified atom stereocenters. The minimum Gasteiger partial charge on any atom is -0.370 e. The van der Waals surface area contributed by atoms with Crippen LogP contribution in [0, 0.1) is 0 Å². The molecule has 0 amide bonds. The van der Waals surface area contributed by atoms with Gasteiger partial charge < -0.3 is 4.18 Å². The van der Waals surface area contributed by atoms with Gasteiger partial charge in [0.05, 0.1) is 0 Å². The number of nitrogens with two attached hydrogens (primary N) is 1. The molecule has 0 fully saturated rings. The maximum Gasteiger partial charge on any atom is 0.380 e. The maximum atomic E-state index is 14.4. The van der Waals surface area contributed by atoms with Gasteiger partial charge in [0, 0.05) is 17.5 Å². The lowest BCUT2D eigenvalue weighted by Crippen LogP contribution is -2.23. The van der Waals surface area contributed by atoms with Crippen molar-refractivity contribution in [2.45, 2.75) is 125 Å². The van der Waals surface area contributed by atoms with Crippen molar-refractivity contribution in [1.29, 1.82) is 0 Å². The summed E-state index contributed by atoms with van der Waals surface area (Å²) in [6.45, 7) is 25.1.